The van der Waals surface area contributed by atoms with Crippen LogP contribution in [0, 0.1) is 15.9 Å². The van der Waals surface area contributed by atoms with Crippen molar-refractivity contribution in [2.75, 3.05) is 18.4 Å². The van der Waals surface area contributed by atoms with Gasteiger partial charge in [-0.2, -0.15) is 4.98 Å². The van der Waals surface area contributed by atoms with Gasteiger partial charge in [-0.15, -0.1) is 0 Å². The number of nitrogens with zero attached hydrogens (tertiary/aromatic N) is 4. The van der Waals surface area contributed by atoms with Crippen molar-refractivity contribution < 1.29 is 18.6 Å². The summed E-state index contributed by atoms with van der Waals surface area (Å²) >= 11 is 0. The molecule has 1 fully saturated rings. The first-order valence-electron chi connectivity index (χ1n) is 10.3. The maximum atomic E-state index is 13.5. The number of nitrogens with one attached hydrogen (secondary N) is 1. The van der Waals surface area contributed by atoms with Crippen LogP contribution >= 0.6 is 0 Å². The molecule has 32 heavy (non-hydrogen) atoms. The lowest BCUT2D eigenvalue weighted by Gasteiger charge is -2.34. The molecule has 1 aliphatic heterocycles. The molecule has 0 saturated carbocycles. The maximum absolute atomic E-state index is 13.5. The van der Waals surface area contributed by atoms with Crippen LogP contribution in [-0.2, 0) is 4.79 Å². The van der Waals surface area contributed by atoms with Gasteiger partial charge in [0.05, 0.1) is 16.9 Å². The maximum Gasteiger partial charge on any atom is 0.271 e. The van der Waals surface area contributed by atoms with Crippen LogP contribution in [-0.4, -0.2) is 45.0 Å². The van der Waals surface area contributed by atoms with E-state index in [1.54, 1.807) is 25.1 Å². The van der Waals surface area contributed by atoms with E-state index < -0.39 is 11.0 Å². The second-order valence-corrected chi connectivity index (χ2v) is 7.77. The Morgan fingerprint density at radius 1 is 1.31 bits per heavy atom. The van der Waals surface area contributed by atoms with Gasteiger partial charge >= 0.3 is 0 Å². The molecule has 10 heteroatoms. The average Bonchev–Trinajstić information content (AvgIpc) is 3.29. The smallest absolute Gasteiger partial charge is 0.271 e. The average molecular weight is 439 g/mol. The van der Waals surface area contributed by atoms with Crippen LogP contribution in [0.5, 0.6) is 0 Å². The van der Waals surface area contributed by atoms with Crippen LogP contribution in [0.25, 0.3) is 11.4 Å². The molecule has 0 bridgehead atoms. The van der Waals surface area contributed by atoms with E-state index in [1.807, 2.05) is 4.90 Å². The minimum atomic E-state index is -0.503. The quantitative estimate of drug-likeness (QED) is 0.456. The van der Waals surface area contributed by atoms with Gasteiger partial charge in [0.2, 0.25) is 17.6 Å². The number of hydrogen-bond acceptors (Lipinski definition) is 7. The van der Waals surface area contributed by atoms with Gasteiger partial charge in [-0.05, 0) is 44.5 Å². The number of rotatable bonds is 6. The molecule has 1 aromatic heterocycles. The minimum absolute atomic E-state index is 0.0494. The lowest BCUT2D eigenvalue weighted by Crippen LogP contribution is -2.46. The Kier molecular flexibility index (Phi) is 6.22. The summed E-state index contributed by atoms with van der Waals surface area (Å²) in [6.07, 6.45) is 1.68. The van der Waals surface area contributed by atoms with Crippen molar-refractivity contribution >= 4 is 17.3 Å². The summed E-state index contributed by atoms with van der Waals surface area (Å²) in [4.78, 5) is 29.7. The number of anilines is 1. The van der Waals surface area contributed by atoms with Crippen molar-refractivity contribution in [1.29, 1.82) is 0 Å². The molecule has 1 amide bonds. The first kappa shape index (κ1) is 21.6. The Bertz CT molecular complexity index is 1130. The second-order valence-electron chi connectivity index (χ2n) is 7.77. The molecule has 2 aromatic carbocycles. The SMILES string of the molecule is CC(C(=O)Nc1cccc([N+](=O)[O-])c1)N1CCCC(c2nc(-c3cccc(F)c3)no2)C1. The highest BCUT2D eigenvalue weighted by atomic mass is 19.1. The summed E-state index contributed by atoms with van der Waals surface area (Å²) in [5, 5.41) is 17.7. The fourth-order valence-electron chi connectivity index (χ4n) is 3.82. The first-order chi connectivity index (χ1) is 15.4. The van der Waals surface area contributed by atoms with Crippen molar-refractivity contribution in [2.45, 2.75) is 31.7 Å². The number of aromatic nitrogens is 2. The van der Waals surface area contributed by atoms with Gasteiger partial charge in [0.1, 0.15) is 5.82 Å². The third kappa shape index (κ3) is 4.80. The number of hydrogen-bond donors (Lipinski definition) is 1. The molecule has 1 aliphatic rings. The molecule has 166 valence electrons. The number of carbonyl (C=O) groups is 1. The van der Waals surface area contributed by atoms with Crippen molar-refractivity contribution in [3.8, 4) is 11.4 Å². The van der Waals surface area contributed by atoms with Crippen LogP contribution < -0.4 is 5.32 Å². The number of halogens is 1. The summed E-state index contributed by atoms with van der Waals surface area (Å²) in [6.45, 7) is 3.07. The standard InChI is InChI=1S/C22H22FN5O4/c1-14(21(29)24-18-8-3-9-19(12-18)28(30)31)27-10-4-6-16(13-27)22-25-20(26-32-22)15-5-2-7-17(23)11-15/h2-3,5,7-9,11-12,14,16H,4,6,10,13H2,1H3,(H,24,29). The van der Waals surface area contributed by atoms with Crippen LogP contribution in [0.4, 0.5) is 15.8 Å². The van der Waals surface area contributed by atoms with Crippen LogP contribution in [0.2, 0.25) is 0 Å². The van der Waals surface area contributed by atoms with Crippen molar-refractivity contribution in [3.05, 3.63) is 70.4 Å². The first-order valence-corrected chi connectivity index (χ1v) is 10.3. The van der Waals surface area contributed by atoms with Crippen LogP contribution in [0.15, 0.2) is 53.1 Å². The lowest BCUT2D eigenvalue weighted by atomic mass is 9.96. The topological polar surface area (TPSA) is 114 Å². The summed E-state index contributed by atoms with van der Waals surface area (Å²) in [7, 11) is 0. The number of likely N-dealkylation sites (tertiary alicyclic amines) is 1. The highest BCUT2D eigenvalue weighted by Crippen LogP contribution is 2.29. The Labute approximate surface area is 183 Å². The highest BCUT2D eigenvalue weighted by molar-refractivity contribution is 5.94. The van der Waals surface area contributed by atoms with Gasteiger partial charge in [0.15, 0.2) is 0 Å². The zero-order valence-electron chi connectivity index (χ0n) is 17.4. The molecule has 0 aliphatic carbocycles. The van der Waals surface area contributed by atoms with E-state index in [0.29, 0.717) is 29.5 Å². The minimum Gasteiger partial charge on any atom is -0.339 e. The Morgan fingerprint density at radius 2 is 2.12 bits per heavy atom. The van der Waals surface area contributed by atoms with Gasteiger partial charge in [-0.1, -0.05) is 23.4 Å². The third-order valence-electron chi connectivity index (χ3n) is 5.58. The van der Waals surface area contributed by atoms with Gasteiger partial charge in [0, 0.05) is 29.9 Å². The molecule has 2 atom stereocenters. The largest absolute Gasteiger partial charge is 0.339 e. The highest BCUT2D eigenvalue weighted by Gasteiger charge is 2.31. The zero-order valence-corrected chi connectivity index (χ0v) is 17.4. The summed E-state index contributed by atoms with van der Waals surface area (Å²) in [5.41, 5.74) is 0.831. The molecule has 1 N–H and O–H groups in total. The molecule has 3 aromatic rings. The Morgan fingerprint density at radius 3 is 2.91 bits per heavy atom. The van der Waals surface area contributed by atoms with E-state index in [4.69, 9.17) is 4.52 Å². The van der Waals surface area contributed by atoms with Gasteiger partial charge in [-0.3, -0.25) is 19.8 Å². The Hall–Kier alpha value is -3.66. The van der Waals surface area contributed by atoms with Crippen LogP contribution in [0.1, 0.15) is 31.6 Å². The van der Waals surface area contributed by atoms with E-state index in [9.17, 15) is 19.3 Å². The number of carbonyl (C=O) groups excluding carboxylic acids is 1. The predicted molar refractivity (Wildman–Crippen MR) is 114 cm³/mol. The number of benzene rings is 2. The van der Waals surface area contributed by atoms with Gasteiger partial charge in [0.25, 0.3) is 5.69 Å². The number of non-ortho nitro benzene ring substituents is 1. The molecule has 0 radical (unpaired) electrons. The van der Waals surface area contributed by atoms with E-state index in [1.165, 1.54) is 30.3 Å². The number of amides is 1. The molecular weight excluding hydrogens is 417 g/mol. The lowest BCUT2D eigenvalue weighted by molar-refractivity contribution is -0.384. The second kappa shape index (κ2) is 9.23. The molecule has 4 rings (SSSR count). The number of nitro benzene ring substituents is 1. The Balaban J connectivity index is 1.42. The molecule has 2 unspecified atom stereocenters. The van der Waals surface area contributed by atoms with Crippen LogP contribution in [0.3, 0.4) is 0 Å². The summed E-state index contributed by atoms with van der Waals surface area (Å²) in [6, 6.07) is 11.4. The zero-order chi connectivity index (χ0) is 22.7. The molecule has 1 saturated heterocycles. The molecular formula is C22H22FN5O4. The third-order valence-corrected chi connectivity index (χ3v) is 5.58. The monoisotopic (exact) mass is 439 g/mol. The van der Waals surface area contributed by atoms with Gasteiger partial charge in [-0.25, -0.2) is 4.39 Å². The summed E-state index contributed by atoms with van der Waals surface area (Å²) < 4.78 is 18.9. The summed E-state index contributed by atoms with van der Waals surface area (Å²) in [5.74, 6) is 0.110. The normalized spacial score (nSPS) is 17.6. The van der Waals surface area contributed by atoms with E-state index >= 15 is 0 Å². The van der Waals surface area contributed by atoms with E-state index in [2.05, 4.69) is 15.5 Å². The van der Waals surface area contributed by atoms with Crippen molar-refractivity contribution in [2.24, 2.45) is 0 Å². The number of nitro groups is 1. The van der Waals surface area contributed by atoms with E-state index in [-0.39, 0.29) is 23.3 Å². The number of piperidine rings is 1. The van der Waals surface area contributed by atoms with Gasteiger partial charge < -0.3 is 9.84 Å². The fraction of sp³-hybridized carbons (Fsp3) is 0.318. The molecule has 0 spiro atoms. The predicted octanol–water partition coefficient (Wildman–Crippen LogP) is 3.99. The molecule has 2 heterocycles. The van der Waals surface area contributed by atoms with Crippen molar-refractivity contribution in [3.63, 3.8) is 0 Å². The van der Waals surface area contributed by atoms with E-state index in [0.717, 1.165) is 19.4 Å². The van der Waals surface area contributed by atoms with Crippen molar-refractivity contribution in [1.82, 2.24) is 15.0 Å². The molecule has 9 nitrogen and oxygen atoms in total. The fourth-order valence-corrected chi connectivity index (χ4v) is 3.82.